The first kappa shape index (κ1) is 9.65. The average Bonchev–Trinajstić information content (AvgIpc) is 2.63. The lowest BCUT2D eigenvalue weighted by atomic mass is 10.2. The molecule has 0 bridgehead atoms. The Kier molecular flexibility index (Phi) is 3.14. The van der Waals surface area contributed by atoms with Crippen molar-refractivity contribution in [1.29, 1.82) is 0 Å². The third-order valence-corrected chi connectivity index (χ3v) is 2.59. The fourth-order valence-electron chi connectivity index (χ4n) is 1.72. The van der Waals surface area contributed by atoms with Gasteiger partial charge in [-0.1, -0.05) is 30.3 Å². The van der Waals surface area contributed by atoms with Crippen LogP contribution in [0.4, 0.5) is 0 Å². The molecule has 0 aromatic heterocycles. The number of nitrogens with one attached hydrogen (secondary N) is 2. The summed E-state index contributed by atoms with van der Waals surface area (Å²) in [7, 11) is 0. The van der Waals surface area contributed by atoms with Gasteiger partial charge in [-0.2, -0.15) is 0 Å². The Balaban J connectivity index is 1.82. The second kappa shape index (κ2) is 4.55. The molecule has 1 saturated heterocycles. The van der Waals surface area contributed by atoms with Gasteiger partial charge >= 0.3 is 0 Å². The summed E-state index contributed by atoms with van der Waals surface area (Å²) in [6.07, 6.45) is -0.251. The van der Waals surface area contributed by atoms with E-state index in [0.717, 1.165) is 13.1 Å². The summed E-state index contributed by atoms with van der Waals surface area (Å²) < 4.78 is 0. The van der Waals surface area contributed by atoms with Crippen molar-refractivity contribution in [2.24, 2.45) is 0 Å². The van der Waals surface area contributed by atoms with E-state index in [0.29, 0.717) is 6.54 Å². The van der Waals surface area contributed by atoms with Gasteiger partial charge in [0.25, 0.3) is 0 Å². The van der Waals surface area contributed by atoms with E-state index in [-0.39, 0.29) is 12.1 Å². The molecule has 0 spiro atoms. The molecule has 0 radical (unpaired) electrons. The molecule has 0 saturated carbocycles. The van der Waals surface area contributed by atoms with E-state index < -0.39 is 0 Å². The first-order chi connectivity index (χ1) is 6.86. The molecule has 1 heterocycles. The van der Waals surface area contributed by atoms with Crippen LogP contribution in [0.15, 0.2) is 30.3 Å². The number of benzene rings is 1. The fourth-order valence-corrected chi connectivity index (χ4v) is 1.72. The van der Waals surface area contributed by atoms with E-state index in [4.69, 9.17) is 0 Å². The molecule has 0 unspecified atom stereocenters. The van der Waals surface area contributed by atoms with Gasteiger partial charge in [-0.05, 0) is 5.56 Å². The van der Waals surface area contributed by atoms with Gasteiger partial charge in [-0.15, -0.1) is 0 Å². The van der Waals surface area contributed by atoms with Crippen LogP contribution in [0.1, 0.15) is 5.56 Å². The van der Waals surface area contributed by atoms with Crippen LogP contribution in [0.2, 0.25) is 0 Å². The maximum absolute atomic E-state index is 9.54. The van der Waals surface area contributed by atoms with Gasteiger partial charge < -0.3 is 15.7 Å². The highest BCUT2D eigenvalue weighted by Crippen LogP contribution is 2.02. The minimum absolute atomic E-state index is 0.190. The van der Waals surface area contributed by atoms with E-state index in [1.165, 1.54) is 5.56 Å². The van der Waals surface area contributed by atoms with Gasteiger partial charge in [-0.25, -0.2) is 0 Å². The number of aliphatic hydroxyl groups excluding tert-OH is 1. The van der Waals surface area contributed by atoms with Crippen molar-refractivity contribution < 1.29 is 5.11 Å². The Morgan fingerprint density at radius 3 is 2.71 bits per heavy atom. The van der Waals surface area contributed by atoms with Gasteiger partial charge in [-0.3, -0.25) is 0 Å². The van der Waals surface area contributed by atoms with Crippen LogP contribution in [0, 0.1) is 0 Å². The van der Waals surface area contributed by atoms with Crippen LogP contribution in [0.5, 0.6) is 0 Å². The monoisotopic (exact) mass is 192 g/mol. The normalized spacial score (nSPS) is 26.6. The molecular formula is C11H16N2O. The zero-order valence-corrected chi connectivity index (χ0v) is 8.11. The third-order valence-electron chi connectivity index (χ3n) is 2.59. The third kappa shape index (κ3) is 2.32. The second-order valence-electron chi connectivity index (χ2n) is 3.70. The number of hydrogen-bond donors (Lipinski definition) is 3. The lowest BCUT2D eigenvalue weighted by Gasteiger charge is -2.15. The summed E-state index contributed by atoms with van der Waals surface area (Å²) >= 11 is 0. The van der Waals surface area contributed by atoms with Gasteiger partial charge in [0.1, 0.15) is 0 Å². The summed E-state index contributed by atoms with van der Waals surface area (Å²) in [6.45, 7) is 2.38. The number of rotatable bonds is 3. The Morgan fingerprint density at radius 2 is 2.07 bits per heavy atom. The SMILES string of the molecule is O[C@H]1CNC[C@H]1NCc1ccccc1. The molecule has 3 nitrogen and oxygen atoms in total. The number of hydrogen-bond acceptors (Lipinski definition) is 3. The van der Waals surface area contributed by atoms with Gasteiger partial charge in [0.2, 0.25) is 0 Å². The molecule has 2 rings (SSSR count). The average molecular weight is 192 g/mol. The Morgan fingerprint density at radius 1 is 1.29 bits per heavy atom. The van der Waals surface area contributed by atoms with E-state index in [2.05, 4.69) is 22.8 Å². The zero-order chi connectivity index (χ0) is 9.80. The Hall–Kier alpha value is -0.900. The minimum Gasteiger partial charge on any atom is -0.390 e. The van der Waals surface area contributed by atoms with Crippen LogP contribution in [0.25, 0.3) is 0 Å². The van der Waals surface area contributed by atoms with Gasteiger partial charge in [0.15, 0.2) is 0 Å². The minimum atomic E-state index is -0.251. The summed E-state index contributed by atoms with van der Waals surface area (Å²) in [5.74, 6) is 0. The highest BCUT2D eigenvalue weighted by atomic mass is 16.3. The Labute approximate surface area is 84.1 Å². The molecule has 2 atom stereocenters. The molecule has 14 heavy (non-hydrogen) atoms. The van der Waals surface area contributed by atoms with Gasteiger partial charge in [0, 0.05) is 25.7 Å². The molecule has 0 aliphatic carbocycles. The van der Waals surface area contributed by atoms with E-state index in [9.17, 15) is 5.11 Å². The highest BCUT2D eigenvalue weighted by molar-refractivity contribution is 5.14. The predicted molar refractivity (Wildman–Crippen MR) is 55.9 cm³/mol. The largest absolute Gasteiger partial charge is 0.390 e. The maximum Gasteiger partial charge on any atom is 0.0829 e. The molecule has 76 valence electrons. The molecule has 1 aromatic carbocycles. The van der Waals surface area contributed by atoms with Crippen molar-refractivity contribution >= 4 is 0 Å². The molecule has 1 aromatic rings. The highest BCUT2D eigenvalue weighted by Gasteiger charge is 2.23. The molecular weight excluding hydrogens is 176 g/mol. The van der Waals surface area contributed by atoms with E-state index >= 15 is 0 Å². The standard InChI is InChI=1S/C11H16N2O/c14-11-8-12-7-10(11)13-6-9-4-2-1-3-5-9/h1-5,10-14H,6-8H2/t10-,11+/m1/s1. The number of β-amino-alcohol motifs (C(OH)–C–C–N with tert-alkyl or cyclic N) is 1. The lowest BCUT2D eigenvalue weighted by molar-refractivity contribution is 0.162. The summed E-state index contributed by atoms with van der Waals surface area (Å²) in [6, 6.07) is 10.4. The predicted octanol–water partition coefficient (Wildman–Crippen LogP) is 0.109. The van der Waals surface area contributed by atoms with Crippen molar-refractivity contribution in [1.82, 2.24) is 10.6 Å². The van der Waals surface area contributed by atoms with Crippen molar-refractivity contribution in [2.45, 2.75) is 18.7 Å². The van der Waals surface area contributed by atoms with Crippen molar-refractivity contribution in [2.75, 3.05) is 13.1 Å². The smallest absolute Gasteiger partial charge is 0.0829 e. The summed E-state index contributed by atoms with van der Waals surface area (Å²) in [5.41, 5.74) is 1.26. The quantitative estimate of drug-likeness (QED) is 0.637. The van der Waals surface area contributed by atoms with E-state index in [1.54, 1.807) is 0 Å². The molecule has 0 amide bonds. The summed E-state index contributed by atoms with van der Waals surface area (Å²) in [5, 5.41) is 16.0. The van der Waals surface area contributed by atoms with Crippen molar-refractivity contribution in [3.63, 3.8) is 0 Å². The molecule has 3 N–H and O–H groups in total. The molecule has 3 heteroatoms. The van der Waals surface area contributed by atoms with Crippen LogP contribution < -0.4 is 10.6 Å². The first-order valence-corrected chi connectivity index (χ1v) is 5.02. The van der Waals surface area contributed by atoms with Crippen molar-refractivity contribution in [3.05, 3.63) is 35.9 Å². The second-order valence-corrected chi connectivity index (χ2v) is 3.70. The summed E-state index contributed by atoms with van der Waals surface area (Å²) in [4.78, 5) is 0. The molecule has 1 aliphatic rings. The number of aliphatic hydroxyl groups is 1. The van der Waals surface area contributed by atoms with Gasteiger partial charge in [0.05, 0.1) is 6.10 Å². The van der Waals surface area contributed by atoms with Crippen molar-refractivity contribution in [3.8, 4) is 0 Å². The zero-order valence-electron chi connectivity index (χ0n) is 8.11. The fraction of sp³-hybridized carbons (Fsp3) is 0.455. The molecule has 1 aliphatic heterocycles. The van der Waals surface area contributed by atoms with Crippen LogP contribution in [-0.2, 0) is 6.54 Å². The lowest BCUT2D eigenvalue weighted by Crippen LogP contribution is -2.38. The van der Waals surface area contributed by atoms with E-state index in [1.807, 2.05) is 18.2 Å². The first-order valence-electron chi connectivity index (χ1n) is 5.02. The maximum atomic E-state index is 9.54. The van der Waals surface area contributed by atoms with Crippen LogP contribution >= 0.6 is 0 Å². The van der Waals surface area contributed by atoms with Crippen LogP contribution in [0.3, 0.4) is 0 Å². The molecule has 1 fully saturated rings. The topological polar surface area (TPSA) is 44.3 Å². The Bertz CT molecular complexity index is 276. The van der Waals surface area contributed by atoms with Crippen LogP contribution in [-0.4, -0.2) is 30.3 Å².